The van der Waals surface area contributed by atoms with Crippen molar-refractivity contribution in [2.45, 2.75) is 6.92 Å². The number of aryl methyl sites for hydroxylation is 1. The highest BCUT2D eigenvalue weighted by Crippen LogP contribution is 1.63. The maximum absolute atomic E-state index is 10.0. The van der Waals surface area contributed by atoms with Crippen molar-refractivity contribution in [3.63, 3.8) is 0 Å². The molecule has 0 aliphatic heterocycles. The van der Waals surface area contributed by atoms with E-state index in [1.165, 1.54) is 0 Å². The Balaban J connectivity index is 3.30. The molecule has 1 rings (SSSR count). The SMILES string of the molecule is Cc1[nH]c(=O)o[nH+]1. The van der Waals surface area contributed by atoms with Gasteiger partial charge >= 0.3 is 5.76 Å². The van der Waals surface area contributed by atoms with Crippen molar-refractivity contribution in [3.05, 3.63) is 16.4 Å². The highest BCUT2D eigenvalue weighted by Gasteiger charge is 1.95. The zero-order valence-electron chi connectivity index (χ0n) is 3.82. The number of aromatic nitrogens is 2. The molecule has 0 bridgehead atoms. The van der Waals surface area contributed by atoms with Gasteiger partial charge in [0.1, 0.15) is 0 Å². The molecule has 4 nitrogen and oxygen atoms in total. The lowest BCUT2D eigenvalue weighted by Gasteiger charge is -1.54. The fraction of sp³-hybridized carbons (Fsp3) is 0.333. The number of hydrogen-bond acceptors (Lipinski definition) is 2. The number of hydrogen-bond donors (Lipinski definition) is 1. The average Bonchev–Trinajstić information content (AvgIpc) is 1.87. The predicted octanol–water partition coefficient (Wildman–Crippen LogP) is -0.910. The zero-order valence-corrected chi connectivity index (χ0v) is 3.82. The summed E-state index contributed by atoms with van der Waals surface area (Å²) in [5.74, 6) is 0.183. The summed E-state index contributed by atoms with van der Waals surface area (Å²) in [4.78, 5) is 12.4. The summed E-state index contributed by atoms with van der Waals surface area (Å²) >= 11 is 0. The van der Waals surface area contributed by atoms with Crippen molar-refractivity contribution >= 4 is 0 Å². The summed E-state index contributed by atoms with van der Waals surface area (Å²) in [5.41, 5.74) is 0. The van der Waals surface area contributed by atoms with E-state index < -0.39 is 5.76 Å². The Hall–Kier alpha value is -1.06. The van der Waals surface area contributed by atoms with Crippen LogP contribution in [0, 0.1) is 6.92 Å². The molecule has 0 fully saturated rings. The minimum atomic E-state index is -0.447. The first-order valence-electron chi connectivity index (χ1n) is 1.86. The molecular formula is C3H5N2O2+. The van der Waals surface area contributed by atoms with E-state index in [2.05, 4.69) is 14.7 Å². The minimum Gasteiger partial charge on any atom is -0.218 e. The van der Waals surface area contributed by atoms with Crippen LogP contribution in [0.15, 0.2) is 9.32 Å². The molecule has 0 aromatic carbocycles. The molecule has 38 valence electrons. The number of H-pyrrole nitrogens is 2. The fourth-order valence-corrected chi connectivity index (χ4v) is 0.327. The average molecular weight is 101 g/mol. The Kier molecular flexibility index (Phi) is 0.714. The van der Waals surface area contributed by atoms with E-state index >= 15 is 0 Å². The summed E-state index contributed by atoms with van der Waals surface area (Å²) in [7, 11) is 0. The van der Waals surface area contributed by atoms with Crippen LogP contribution >= 0.6 is 0 Å². The molecule has 0 atom stereocenters. The van der Waals surface area contributed by atoms with Crippen LogP contribution in [-0.4, -0.2) is 4.98 Å². The molecule has 0 radical (unpaired) electrons. The van der Waals surface area contributed by atoms with Gasteiger partial charge in [-0.2, -0.15) is 9.78 Å². The standard InChI is InChI=1S/C3H4N2O2/c1-2-4-3(6)7-5-2/h1H3,(H,4,5,6)/p+1. The lowest BCUT2D eigenvalue weighted by Crippen LogP contribution is -1.99. The van der Waals surface area contributed by atoms with Gasteiger partial charge in [0.25, 0.3) is 5.82 Å². The molecule has 0 aliphatic carbocycles. The normalized spacial score (nSPS) is 9.29. The summed E-state index contributed by atoms with van der Waals surface area (Å²) in [6.45, 7) is 1.70. The molecule has 2 N–H and O–H groups in total. The third-order valence-electron chi connectivity index (χ3n) is 0.586. The quantitative estimate of drug-likeness (QED) is 0.460. The Morgan fingerprint density at radius 3 is 2.71 bits per heavy atom. The van der Waals surface area contributed by atoms with E-state index in [1.807, 2.05) is 0 Å². The molecule has 0 aliphatic rings. The van der Waals surface area contributed by atoms with Crippen LogP contribution in [0.25, 0.3) is 0 Å². The maximum Gasteiger partial charge on any atom is 0.546 e. The second kappa shape index (κ2) is 1.22. The molecule has 1 heterocycles. The Bertz CT molecular complexity index is 199. The topological polar surface area (TPSA) is 60.1 Å². The van der Waals surface area contributed by atoms with Gasteiger partial charge in [0.05, 0.1) is 0 Å². The van der Waals surface area contributed by atoms with E-state index in [0.29, 0.717) is 5.82 Å². The molecular weight excluding hydrogens is 96.0 g/mol. The first-order valence-corrected chi connectivity index (χ1v) is 1.86. The monoisotopic (exact) mass is 101 g/mol. The van der Waals surface area contributed by atoms with Crippen LogP contribution in [-0.2, 0) is 0 Å². The molecule has 0 unspecified atom stereocenters. The van der Waals surface area contributed by atoms with Crippen molar-refractivity contribution in [1.82, 2.24) is 4.98 Å². The minimum absolute atomic E-state index is 0.447. The molecule has 0 saturated carbocycles. The second-order valence-electron chi connectivity index (χ2n) is 1.24. The van der Waals surface area contributed by atoms with Crippen LogP contribution < -0.4 is 10.9 Å². The van der Waals surface area contributed by atoms with E-state index in [1.54, 1.807) is 6.92 Å². The largest absolute Gasteiger partial charge is 0.546 e. The number of aromatic amines is 2. The van der Waals surface area contributed by atoms with Crippen molar-refractivity contribution in [1.29, 1.82) is 0 Å². The molecule has 1 aromatic heterocycles. The highest BCUT2D eigenvalue weighted by molar-refractivity contribution is 4.58. The van der Waals surface area contributed by atoms with Crippen molar-refractivity contribution in [2.75, 3.05) is 0 Å². The maximum atomic E-state index is 10.0. The van der Waals surface area contributed by atoms with Crippen molar-refractivity contribution in [2.24, 2.45) is 0 Å². The van der Waals surface area contributed by atoms with Crippen LogP contribution in [0.3, 0.4) is 0 Å². The van der Waals surface area contributed by atoms with Gasteiger partial charge < -0.3 is 0 Å². The molecule has 0 saturated heterocycles. The smallest absolute Gasteiger partial charge is 0.218 e. The number of rotatable bonds is 0. The van der Waals surface area contributed by atoms with Gasteiger partial charge in [0.2, 0.25) is 0 Å². The second-order valence-corrected chi connectivity index (χ2v) is 1.24. The van der Waals surface area contributed by atoms with Crippen LogP contribution in [0.5, 0.6) is 0 Å². The highest BCUT2D eigenvalue weighted by atomic mass is 16.5. The van der Waals surface area contributed by atoms with Crippen molar-refractivity contribution in [3.8, 4) is 0 Å². The molecule has 4 heteroatoms. The van der Waals surface area contributed by atoms with Gasteiger partial charge in [-0.3, -0.25) is 0 Å². The third-order valence-corrected chi connectivity index (χ3v) is 0.586. The summed E-state index contributed by atoms with van der Waals surface area (Å²) < 4.78 is 4.23. The van der Waals surface area contributed by atoms with Crippen LogP contribution in [0.4, 0.5) is 0 Å². The Labute approximate surface area is 39.1 Å². The summed E-state index contributed by atoms with van der Waals surface area (Å²) in [6, 6.07) is 0. The molecule has 0 spiro atoms. The first kappa shape index (κ1) is 4.11. The molecule has 1 aromatic rings. The Morgan fingerprint density at radius 2 is 2.57 bits per heavy atom. The lowest BCUT2D eigenvalue weighted by atomic mass is 10.8. The van der Waals surface area contributed by atoms with Gasteiger partial charge in [-0.05, 0) is 0 Å². The van der Waals surface area contributed by atoms with Gasteiger partial charge in [0, 0.05) is 6.92 Å². The molecule has 7 heavy (non-hydrogen) atoms. The zero-order chi connectivity index (χ0) is 5.28. The van der Waals surface area contributed by atoms with Gasteiger partial charge in [-0.1, -0.05) is 5.16 Å². The lowest BCUT2D eigenvalue weighted by molar-refractivity contribution is -0.618. The fourth-order valence-electron chi connectivity index (χ4n) is 0.327. The van der Waals surface area contributed by atoms with E-state index in [9.17, 15) is 4.79 Å². The summed E-state index contributed by atoms with van der Waals surface area (Å²) in [6.07, 6.45) is 0. The number of nitrogens with one attached hydrogen (secondary N) is 2. The molecule has 0 amide bonds. The Morgan fingerprint density at radius 1 is 1.86 bits per heavy atom. The van der Waals surface area contributed by atoms with Crippen LogP contribution in [0.2, 0.25) is 0 Å². The van der Waals surface area contributed by atoms with Gasteiger partial charge in [0.15, 0.2) is 0 Å². The predicted molar refractivity (Wildman–Crippen MR) is 20.6 cm³/mol. The van der Waals surface area contributed by atoms with Crippen LogP contribution in [0.1, 0.15) is 5.82 Å². The van der Waals surface area contributed by atoms with Gasteiger partial charge in [-0.15, -0.1) is 0 Å². The van der Waals surface area contributed by atoms with Crippen molar-refractivity contribution < 1.29 is 9.68 Å². The first-order chi connectivity index (χ1) is 3.29. The van der Waals surface area contributed by atoms with Gasteiger partial charge in [-0.25, -0.2) is 4.52 Å². The van der Waals surface area contributed by atoms with E-state index in [0.717, 1.165) is 0 Å². The third kappa shape index (κ3) is 0.677. The van der Waals surface area contributed by atoms with E-state index in [-0.39, 0.29) is 0 Å². The van der Waals surface area contributed by atoms with E-state index in [4.69, 9.17) is 0 Å². The summed E-state index contributed by atoms with van der Waals surface area (Å²) in [5, 5.41) is 2.33.